The first-order chi connectivity index (χ1) is 12.7. The molecule has 0 radical (unpaired) electrons. The van der Waals surface area contributed by atoms with E-state index in [2.05, 4.69) is 15.3 Å². The summed E-state index contributed by atoms with van der Waals surface area (Å²) in [4.78, 5) is 33.0. The maximum Gasteiger partial charge on any atom is 0.254 e. The molecule has 128 valence electrons. The number of benzene rings is 1. The minimum absolute atomic E-state index is 0.138. The fourth-order valence-corrected chi connectivity index (χ4v) is 2.66. The zero-order valence-electron chi connectivity index (χ0n) is 13.6. The summed E-state index contributed by atoms with van der Waals surface area (Å²) in [5.74, 6) is 0.179. The Kier molecular flexibility index (Phi) is 4.03. The maximum atomic E-state index is 12.4. The number of hydrogen-bond acceptors (Lipinski definition) is 5. The summed E-state index contributed by atoms with van der Waals surface area (Å²) >= 11 is 0. The Balaban J connectivity index is 1.54. The number of amides is 1. The molecule has 0 atom stereocenters. The molecule has 1 N–H and O–H groups in total. The molecule has 7 nitrogen and oxygen atoms in total. The Morgan fingerprint density at radius 1 is 1.12 bits per heavy atom. The number of carbonyl (C=O) groups excluding carboxylic acids is 1. The number of aromatic nitrogens is 3. The van der Waals surface area contributed by atoms with Crippen LogP contribution in [0.5, 0.6) is 0 Å². The lowest BCUT2D eigenvalue weighted by molar-refractivity contribution is -0.116. The van der Waals surface area contributed by atoms with Crippen molar-refractivity contribution in [3.05, 3.63) is 77.7 Å². The van der Waals surface area contributed by atoms with Crippen LogP contribution < -0.4 is 10.9 Å². The van der Waals surface area contributed by atoms with E-state index in [1.165, 1.54) is 23.2 Å². The number of rotatable bonds is 4. The molecule has 26 heavy (non-hydrogen) atoms. The molecule has 4 aromatic rings. The molecule has 0 saturated heterocycles. The van der Waals surface area contributed by atoms with E-state index in [0.29, 0.717) is 17.1 Å². The molecule has 0 fully saturated rings. The van der Waals surface area contributed by atoms with Crippen LogP contribution in [0.2, 0.25) is 0 Å². The Morgan fingerprint density at radius 3 is 2.85 bits per heavy atom. The number of carbonyl (C=O) groups is 1. The second-order valence-corrected chi connectivity index (χ2v) is 5.64. The molecule has 0 aliphatic heterocycles. The van der Waals surface area contributed by atoms with Gasteiger partial charge in [-0.25, -0.2) is 4.98 Å². The topological polar surface area (TPSA) is 90.0 Å². The summed E-state index contributed by atoms with van der Waals surface area (Å²) in [6.07, 6.45) is 4.54. The highest BCUT2D eigenvalue weighted by atomic mass is 16.3. The molecule has 0 saturated carbocycles. The van der Waals surface area contributed by atoms with Crippen molar-refractivity contribution in [2.75, 3.05) is 5.32 Å². The van der Waals surface area contributed by atoms with Gasteiger partial charge in [0.1, 0.15) is 12.2 Å². The van der Waals surface area contributed by atoms with Crippen molar-refractivity contribution < 1.29 is 9.21 Å². The van der Waals surface area contributed by atoms with Crippen molar-refractivity contribution in [3.63, 3.8) is 0 Å². The lowest BCUT2D eigenvalue weighted by Crippen LogP contribution is -2.27. The van der Waals surface area contributed by atoms with Crippen LogP contribution in [0.4, 0.5) is 5.69 Å². The lowest BCUT2D eigenvalue weighted by atomic mass is 10.2. The van der Waals surface area contributed by atoms with Crippen molar-refractivity contribution in [1.29, 1.82) is 0 Å². The number of fused-ring (bicyclic) bond motifs is 1. The zero-order chi connectivity index (χ0) is 17.9. The summed E-state index contributed by atoms with van der Waals surface area (Å²) in [5.41, 5.74) is 1.53. The van der Waals surface area contributed by atoms with E-state index >= 15 is 0 Å². The predicted octanol–water partition coefficient (Wildman–Crippen LogP) is 2.69. The quantitative estimate of drug-likeness (QED) is 0.613. The molecule has 3 heterocycles. The fourth-order valence-electron chi connectivity index (χ4n) is 2.66. The van der Waals surface area contributed by atoms with Crippen molar-refractivity contribution in [2.45, 2.75) is 6.54 Å². The Morgan fingerprint density at radius 2 is 2.04 bits per heavy atom. The van der Waals surface area contributed by atoms with E-state index in [0.717, 1.165) is 10.9 Å². The third-order valence-electron chi connectivity index (χ3n) is 3.89. The smallest absolute Gasteiger partial charge is 0.254 e. The predicted molar refractivity (Wildman–Crippen MR) is 96.6 cm³/mol. The number of pyridine rings is 1. The highest BCUT2D eigenvalue weighted by molar-refractivity contribution is 6.00. The van der Waals surface area contributed by atoms with Gasteiger partial charge in [-0.05, 0) is 36.4 Å². The van der Waals surface area contributed by atoms with Crippen LogP contribution in [0.25, 0.3) is 22.4 Å². The molecule has 0 bridgehead atoms. The van der Waals surface area contributed by atoms with Crippen LogP contribution in [0, 0.1) is 0 Å². The second-order valence-electron chi connectivity index (χ2n) is 5.64. The van der Waals surface area contributed by atoms with Gasteiger partial charge in [-0.15, -0.1) is 0 Å². The van der Waals surface area contributed by atoms with Gasteiger partial charge in [0, 0.05) is 17.6 Å². The Bertz CT molecular complexity index is 1130. The van der Waals surface area contributed by atoms with Crippen molar-refractivity contribution >= 4 is 22.5 Å². The van der Waals surface area contributed by atoms with Crippen molar-refractivity contribution in [3.8, 4) is 11.5 Å². The molecule has 1 aromatic carbocycles. The molecular formula is C19H14N4O3. The van der Waals surface area contributed by atoms with E-state index in [4.69, 9.17) is 4.42 Å². The number of nitrogens with zero attached hydrogens (tertiary/aromatic N) is 3. The molecule has 7 heteroatoms. The highest BCUT2D eigenvalue weighted by Gasteiger charge is 2.10. The van der Waals surface area contributed by atoms with E-state index < -0.39 is 0 Å². The number of furan rings is 1. The third kappa shape index (κ3) is 3.10. The van der Waals surface area contributed by atoms with E-state index in [1.54, 1.807) is 30.5 Å². The van der Waals surface area contributed by atoms with Crippen LogP contribution in [-0.2, 0) is 11.3 Å². The summed E-state index contributed by atoms with van der Waals surface area (Å²) < 4.78 is 6.46. The highest BCUT2D eigenvalue weighted by Crippen LogP contribution is 2.21. The molecule has 0 spiro atoms. The first-order valence-corrected chi connectivity index (χ1v) is 7.95. The average Bonchev–Trinajstić information content (AvgIpc) is 3.18. The van der Waals surface area contributed by atoms with E-state index in [-0.39, 0.29) is 18.0 Å². The molecule has 1 amide bonds. The molecule has 0 aliphatic rings. The monoisotopic (exact) mass is 346 g/mol. The summed E-state index contributed by atoms with van der Waals surface area (Å²) in [7, 11) is 0. The number of nitrogens with one attached hydrogen (secondary N) is 1. The summed E-state index contributed by atoms with van der Waals surface area (Å²) in [5, 5.41) is 3.65. The van der Waals surface area contributed by atoms with Gasteiger partial charge >= 0.3 is 0 Å². The second kappa shape index (κ2) is 6.64. The van der Waals surface area contributed by atoms with Gasteiger partial charge < -0.3 is 9.73 Å². The Labute approximate surface area is 147 Å². The van der Waals surface area contributed by atoms with Gasteiger partial charge in [0.15, 0.2) is 5.76 Å². The maximum absolute atomic E-state index is 12.4. The number of hydrogen-bond donors (Lipinski definition) is 1. The summed E-state index contributed by atoms with van der Waals surface area (Å²) in [6.45, 7) is -0.138. The standard InChI is InChI=1S/C19H14N4O3/c24-18(22-15-6-1-5-14-13(15)4-2-8-20-14)11-23-12-21-16(10-19(23)25)17-7-3-9-26-17/h1-10,12H,11H2,(H,22,24). The van der Waals surface area contributed by atoms with Gasteiger partial charge in [-0.3, -0.25) is 19.1 Å². The third-order valence-corrected chi connectivity index (χ3v) is 3.89. The van der Waals surface area contributed by atoms with Gasteiger partial charge in [0.2, 0.25) is 5.91 Å². The SMILES string of the molecule is O=C(Cn1cnc(-c2ccco2)cc1=O)Nc1cccc2ncccc12. The Hall–Kier alpha value is -3.74. The zero-order valence-corrected chi connectivity index (χ0v) is 13.6. The van der Waals surface area contributed by atoms with Crippen LogP contribution in [-0.4, -0.2) is 20.4 Å². The molecular weight excluding hydrogens is 332 g/mol. The van der Waals surface area contributed by atoms with Gasteiger partial charge in [-0.2, -0.15) is 0 Å². The molecule has 0 unspecified atom stereocenters. The minimum Gasteiger partial charge on any atom is -0.463 e. The van der Waals surface area contributed by atoms with Crippen LogP contribution >= 0.6 is 0 Å². The largest absolute Gasteiger partial charge is 0.463 e. The molecule has 4 rings (SSSR count). The molecule has 3 aromatic heterocycles. The van der Waals surface area contributed by atoms with E-state index in [1.807, 2.05) is 18.2 Å². The fraction of sp³-hybridized carbons (Fsp3) is 0.0526. The van der Waals surface area contributed by atoms with Gasteiger partial charge in [0.25, 0.3) is 5.56 Å². The van der Waals surface area contributed by atoms with Crippen molar-refractivity contribution in [2.24, 2.45) is 0 Å². The normalized spacial score (nSPS) is 10.8. The summed E-state index contributed by atoms with van der Waals surface area (Å²) in [6, 6.07) is 13.9. The number of anilines is 1. The first kappa shape index (κ1) is 15.8. The van der Waals surface area contributed by atoms with Crippen LogP contribution in [0.3, 0.4) is 0 Å². The van der Waals surface area contributed by atoms with Crippen LogP contribution in [0.1, 0.15) is 0 Å². The lowest BCUT2D eigenvalue weighted by Gasteiger charge is -2.09. The van der Waals surface area contributed by atoms with Gasteiger partial charge in [0.05, 0.1) is 23.8 Å². The average molecular weight is 346 g/mol. The van der Waals surface area contributed by atoms with Crippen molar-refractivity contribution in [1.82, 2.24) is 14.5 Å². The molecule has 0 aliphatic carbocycles. The first-order valence-electron chi connectivity index (χ1n) is 7.95. The van der Waals surface area contributed by atoms with Crippen LogP contribution in [0.15, 0.2) is 76.5 Å². The van der Waals surface area contributed by atoms with Gasteiger partial charge in [-0.1, -0.05) is 6.07 Å². The van der Waals surface area contributed by atoms with E-state index in [9.17, 15) is 9.59 Å². The minimum atomic E-state index is -0.332.